The van der Waals surface area contributed by atoms with E-state index in [1.165, 1.54) is 0 Å². The number of nitrogen functional groups attached to an aromatic ring is 1. The molecule has 0 atom stereocenters. The number of hydrogen-bond acceptors (Lipinski definition) is 6. The lowest BCUT2D eigenvalue weighted by molar-refractivity contribution is -0.141. The summed E-state index contributed by atoms with van der Waals surface area (Å²) in [4.78, 5) is 13.2. The smallest absolute Gasteiger partial charge is 0.347 e. The Balaban J connectivity index is 1.95. The topological polar surface area (TPSA) is 84.9 Å². The quantitative estimate of drug-likeness (QED) is 0.635. The third-order valence-electron chi connectivity index (χ3n) is 3.20. The van der Waals surface area contributed by atoms with Gasteiger partial charge in [0, 0.05) is 31.5 Å². The molecule has 112 valence electrons. The molecule has 0 spiro atoms. The maximum Gasteiger partial charge on any atom is 0.433 e. The molecule has 0 aliphatic carbocycles. The van der Waals surface area contributed by atoms with Gasteiger partial charge in [-0.15, -0.1) is 0 Å². The first-order valence-corrected chi connectivity index (χ1v) is 6.15. The van der Waals surface area contributed by atoms with E-state index in [1.807, 2.05) is 10.8 Å². The van der Waals surface area contributed by atoms with E-state index in [0.717, 1.165) is 11.9 Å². The van der Waals surface area contributed by atoms with E-state index in [1.54, 1.807) is 11.1 Å². The van der Waals surface area contributed by atoms with Crippen molar-refractivity contribution in [1.82, 2.24) is 19.5 Å². The average Bonchev–Trinajstić information content (AvgIpc) is 2.93. The van der Waals surface area contributed by atoms with Gasteiger partial charge in [0.15, 0.2) is 5.69 Å². The molecule has 2 aromatic heterocycles. The van der Waals surface area contributed by atoms with Crippen molar-refractivity contribution in [2.24, 2.45) is 5.84 Å². The molecule has 0 amide bonds. The van der Waals surface area contributed by atoms with E-state index in [9.17, 15) is 13.2 Å². The Hall–Kier alpha value is -2.36. The van der Waals surface area contributed by atoms with Gasteiger partial charge < -0.3 is 9.47 Å². The lowest BCUT2D eigenvalue weighted by atomic mass is 10.3. The molecule has 0 unspecified atom stereocenters. The summed E-state index contributed by atoms with van der Waals surface area (Å²) >= 11 is 0. The summed E-state index contributed by atoms with van der Waals surface area (Å²) in [5.41, 5.74) is 1.03. The number of nitrogens with zero attached hydrogens (tertiary/aromatic N) is 5. The number of halogens is 3. The molecule has 0 aromatic carbocycles. The lowest BCUT2D eigenvalue weighted by Gasteiger charge is -2.29. The minimum Gasteiger partial charge on any atom is -0.347 e. The van der Waals surface area contributed by atoms with E-state index < -0.39 is 11.9 Å². The summed E-state index contributed by atoms with van der Waals surface area (Å²) in [6.45, 7) is 1.54. The second kappa shape index (κ2) is 4.88. The molecule has 3 N–H and O–H groups in total. The van der Waals surface area contributed by atoms with E-state index in [4.69, 9.17) is 5.84 Å². The van der Waals surface area contributed by atoms with Crippen LogP contribution in [0.15, 0.2) is 18.5 Å². The molecule has 10 heteroatoms. The standard InChI is InChI=1S/C11H12F3N7/c12-11(13,14)7-5-8(18-10(17-7)19-15)21-4-3-20-2-1-16-9(20)6-21/h1-2,5H,3-4,6,15H2,(H,17,18,19). The van der Waals surface area contributed by atoms with Crippen LogP contribution < -0.4 is 16.2 Å². The highest BCUT2D eigenvalue weighted by Gasteiger charge is 2.34. The number of anilines is 2. The van der Waals surface area contributed by atoms with Crippen molar-refractivity contribution < 1.29 is 13.2 Å². The van der Waals surface area contributed by atoms with Gasteiger partial charge in [-0.05, 0) is 0 Å². The Labute approximate surface area is 117 Å². The van der Waals surface area contributed by atoms with E-state index in [2.05, 4.69) is 20.4 Å². The van der Waals surface area contributed by atoms with Gasteiger partial charge in [0.05, 0.1) is 6.54 Å². The highest BCUT2D eigenvalue weighted by Crippen LogP contribution is 2.31. The van der Waals surface area contributed by atoms with Crippen molar-refractivity contribution in [1.29, 1.82) is 0 Å². The number of hydrazine groups is 1. The fourth-order valence-corrected chi connectivity index (χ4v) is 2.18. The van der Waals surface area contributed by atoms with E-state index >= 15 is 0 Å². The van der Waals surface area contributed by atoms with Crippen molar-refractivity contribution in [3.8, 4) is 0 Å². The number of imidazole rings is 1. The van der Waals surface area contributed by atoms with E-state index in [0.29, 0.717) is 19.6 Å². The number of hydrogen-bond donors (Lipinski definition) is 2. The second-order valence-corrected chi connectivity index (χ2v) is 4.54. The van der Waals surface area contributed by atoms with Crippen LogP contribution in [-0.4, -0.2) is 26.1 Å². The van der Waals surface area contributed by atoms with Gasteiger partial charge in [-0.2, -0.15) is 18.2 Å². The van der Waals surface area contributed by atoms with Crippen molar-refractivity contribution in [2.75, 3.05) is 16.9 Å². The molecule has 2 aromatic rings. The zero-order valence-electron chi connectivity index (χ0n) is 10.8. The summed E-state index contributed by atoms with van der Waals surface area (Å²) in [5.74, 6) is 5.81. The molecule has 0 radical (unpaired) electrons. The minimum atomic E-state index is -4.56. The molecular formula is C11H12F3N7. The van der Waals surface area contributed by atoms with Crippen LogP contribution in [0.4, 0.5) is 24.9 Å². The van der Waals surface area contributed by atoms with Gasteiger partial charge in [-0.25, -0.2) is 15.8 Å². The molecule has 3 heterocycles. The van der Waals surface area contributed by atoms with Crippen LogP contribution in [0.1, 0.15) is 11.5 Å². The predicted octanol–water partition coefficient (Wildman–Crippen LogP) is 0.998. The zero-order chi connectivity index (χ0) is 15.0. The van der Waals surface area contributed by atoms with Crippen LogP contribution in [0.25, 0.3) is 0 Å². The Kier molecular flexibility index (Phi) is 3.16. The molecule has 3 rings (SSSR count). The maximum absolute atomic E-state index is 12.8. The van der Waals surface area contributed by atoms with Crippen molar-refractivity contribution in [3.63, 3.8) is 0 Å². The fourth-order valence-electron chi connectivity index (χ4n) is 2.18. The minimum absolute atomic E-state index is 0.166. The zero-order valence-corrected chi connectivity index (χ0v) is 10.8. The normalized spacial score (nSPS) is 15.0. The molecule has 7 nitrogen and oxygen atoms in total. The summed E-state index contributed by atoms with van der Waals surface area (Å²) in [6, 6.07) is 0.916. The Morgan fingerprint density at radius 1 is 1.24 bits per heavy atom. The number of nitrogens with one attached hydrogen (secondary N) is 1. The summed E-state index contributed by atoms with van der Waals surface area (Å²) in [7, 11) is 0. The third-order valence-corrected chi connectivity index (χ3v) is 3.20. The Morgan fingerprint density at radius 3 is 2.76 bits per heavy atom. The number of fused-ring (bicyclic) bond motifs is 1. The Morgan fingerprint density at radius 2 is 2.05 bits per heavy atom. The highest BCUT2D eigenvalue weighted by atomic mass is 19.4. The number of alkyl halides is 3. The number of rotatable bonds is 2. The molecular weight excluding hydrogens is 287 g/mol. The highest BCUT2D eigenvalue weighted by molar-refractivity contribution is 5.45. The van der Waals surface area contributed by atoms with Gasteiger partial charge >= 0.3 is 6.18 Å². The summed E-state index contributed by atoms with van der Waals surface area (Å²) in [6.07, 6.45) is -1.06. The van der Waals surface area contributed by atoms with Crippen molar-refractivity contribution in [2.45, 2.75) is 19.3 Å². The molecule has 21 heavy (non-hydrogen) atoms. The number of aromatic nitrogens is 4. The molecule has 0 bridgehead atoms. The van der Waals surface area contributed by atoms with Gasteiger partial charge in [0.1, 0.15) is 11.6 Å². The second-order valence-electron chi connectivity index (χ2n) is 4.54. The summed E-state index contributed by atoms with van der Waals surface area (Å²) < 4.78 is 40.5. The molecule has 1 aliphatic rings. The first-order chi connectivity index (χ1) is 9.97. The van der Waals surface area contributed by atoms with Gasteiger partial charge in [-0.3, -0.25) is 5.43 Å². The molecule has 0 saturated carbocycles. The Bertz CT molecular complexity index is 652. The van der Waals surface area contributed by atoms with Gasteiger partial charge in [0.2, 0.25) is 5.95 Å². The fraction of sp³-hybridized carbons (Fsp3) is 0.364. The van der Waals surface area contributed by atoms with Crippen molar-refractivity contribution in [3.05, 3.63) is 30.0 Å². The van der Waals surface area contributed by atoms with Gasteiger partial charge in [-0.1, -0.05) is 0 Å². The van der Waals surface area contributed by atoms with Crippen LogP contribution in [0.5, 0.6) is 0 Å². The third kappa shape index (κ3) is 2.61. The monoisotopic (exact) mass is 299 g/mol. The van der Waals surface area contributed by atoms with Crippen LogP contribution in [0.3, 0.4) is 0 Å². The first-order valence-electron chi connectivity index (χ1n) is 6.15. The average molecular weight is 299 g/mol. The number of nitrogens with two attached hydrogens (primary N) is 1. The predicted molar refractivity (Wildman–Crippen MR) is 68.1 cm³/mol. The lowest BCUT2D eigenvalue weighted by Crippen LogP contribution is -2.34. The SMILES string of the molecule is NNc1nc(N2CCn3ccnc3C2)cc(C(F)(F)F)n1. The van der Waals surface area contributed by atoms with Crippen LogP contribution in [-0.2, 0) is 19.3 Å². The molecule has 0 saturated heterocycles. The first kappa shape index (κ1) is 13.6. The van der Waals surface area contributed by atoms with Crippen molar-refractivity contribution >= 4 is 11.8 Å². The summed E-state index contributed by atoms with van der Waals surface area (Å²) in [5, 5.41) is 0. The maximum atomic E-state index is 12.8. The van der Waals surface area contributed by atoms with Crippen LogP contribution >= 0.6 is 0 Å². The van der Waals surface area contributed by atoms with Crippen LogP contribution in [0.2, 0.25) is 0 Å². The largest absolute Gasteiger partial charge is 0.433 e. The molecule has 0 fully saturated rings. The van der Waals surface area contributed by atoms with Crippen LogP contribution in [0, 0.1) is 0 Å². The van der Waals surface area contributed by atoms with E-state index in [-0.39, 0.29) is 11.8 Å². The van der Waals surface area contributed by atoms with Gasteiger partial charge in [0.25, 0.3) is 0 Å². The molecule has 1 aliphatic heterocycles.